The van der Waals surface area contributed by atoms with Crippen molar-refractivity contribution in [3.63, 3.8) is 0 Å². The first-order chi connectivity index (χ1) is 10.4. The molecule has 1 N–H and O–H groups in total. The number of nitrogens with one attached hydrogen (secondary N) is 1. The summed E-state index contributed by atoms with van der Waals surface area (Å²) in [5, 5.41) is 5.85. The molecule has 3 aromatic rings. The van der Waals surface area contributed by atoms with Crippen LogP contribution in [0, 0.1) is 0 Å². The number of hydrogen-bond acceptors (Lipinski definition) is 3. The van der Waals surface area contributed by atoms with Gasteiger partial charge in [-0.25, -0.2) is 0 Å². The molecule has 3 rings (SSSR count). The molecular formula is C18H18N2O. The molecule has 0 aliphatic heterocycles. The summed E-state index contributed by atoms with van der Waals surface area (Å²) in [6.45, 7) is 1.44. The molecule has 0 saturated carbocycles. The van der Waals surface area contributed by atoms with Crippen molar-refractivity contribution in [1.29, 1.82) is 0 Å². The quantitative estimate of drug-likeness (QED) is 0.766. The van der Waals surface area contributed by atoms with Crippen LogP contribution in [0.15, 0.2) is 60.9 Å². The molecule has 0 aliphatic rings. The largest absolute Gasteiger partial charge is 0.380 e. The van der Waals surface area contributed by atoms with Crippen molar-refractivity contribution >= 4 is 16.5 Å². The Morgan fingerprint density at radius 3 is 2.81 bits per heavy atom. The molecule has 0 unspecified atom stereocenters. The van der Waals surface area contributed by atoms with E-state index in [-0.39, 0.29) is 0 Å². The van der Waals surface area contributed by atoms with Gasteiger partial charge in [-0.05, 0) is 23.3 Å². The van der Waals surface area contributed by atoms with Crippen LogP contribution in [0.1, 0.15) is 11.1 Å². The molecule has 0 bridgehead atoms. The maximum atomic E-state index is 5.18. The van der Waals surface area contributed by atoms with Crippen LogP contribution in [0.3, 0.4) is 0 Å². The summed E-state index contributed by atoms with van der Waals surface area (Å²) >= 11 is 0. The lowest BCUT2D eigenvalue weighted by atomic mass is 10.1. The molecule has 2 aromatic carbocycles. The van der Waals surface area contributed by atoms with Crippen molar-refractivity contribution in [2.24, 2.45) is 0 Å². The second-order valence-electron chi connectivity index (χ2n) is 5.01. The Hall–Kier alpha value is -2.39. The summed E-state index contributed by atoms with van der Waals surface area (Å²) < 4.78 is 5.18. The van der Waals surface area contributed by atoms with E-state index in [4.69, 9.17) is 4.74 Å². The Labute approximate surface area is 124 Å². The first-order valence-electron chi connectivity index (χ1n) is 7.00. The van der Waals surface area contributed by atoms with Gasteiger partial charge in [0.1, 0.15) is 0 Å². The number of methoxy groups -OCH3 is 1. The van der Waals surface area contributed by atoms with E-state index in [0.717, 1.165) is 17.6 Å². The van der Waals surface area contributed by atoms with E-state index in [9.17, 15) is 0 Å². The molecule has 3 nitrogen and oxygen atoms in total. The van der Waals surface area contributed by atoms with E-state index in [1.54, 1.807) is 7.11 Å². The Morgan fingerprint density at radius 2 is 1.90 bits per heavy atom. The van der Waals surface area contributed by atoms with Gasteiger partial charge in [-0.15, -0.1) is 0 Å². The Balaban J connectivity index is 1.79. The second-order valence-corrected chi connectivity index (χ2v) is 5.01. The molecule has 1 heterocycles. The molecule has 0 radical (unpaired) electrons. The van der Waals surface area contributed by atoms with E-state index in [1.165, 1.54) is 16.5 Å². The molecule has 0 atom stereocenters. The van der Waals surface area contributed by atoms with Crippen molar-refractivity contribution in [2.75, 3.05) is 12.4 Å². The monoisotopic (exact) mass is 278 g/mol. The number of ether oxygens (including phenoxy) is 1. The first-order valence-corrected chi connectivity index (χ1v) is 7.00. The highest BCUT2D eigenvalue weighted by Crippen LogP contribution is 2.22. The number of nitrogens with zero attached hydrogens (tertiary/aromatic N) is 1. The zero-order valence-corrected chi connectivity index (χ0v) is 12.0. The summed E-state index contributed by atoms with van der Waals surface area (Å²) in [7, 11) is 1.72. The molecule has 0 fully saturated rings. The van der Waals surface area contributed by atoms with Crippen molar-refractivity contribution in [1.82, 2.24) is 4.98 Å². The van der Waals surface area contributed by atoms with E-state index in [2.05, 4.69) is 46.7 Å². The van der Waals surface area contributed by atoms with Crippen molar-refractivity contribution in [3.8, 4) is 0 Å². The zero-order valence-electron chi connectivity index (χ0n) is 12.0. The first kappa shape index (κ1) is 13.6. The lowest BCUT2D eigenvalue weighted by Crippen LogP contribution is -2.01. The number of aromatic nitrogens is 1. The maximum absolute atomic E-state index is 5.18. The predicted octanol–water partition coefficient (Wildman–Crippen LogP) is 3.99. The Bertz CT molecular complexity index is 735. The molecule has 106 valence electrons. The minimum absolute atomic E-state index is 0.647. The number of rotatable bonds is 5. The van der Waals surface area contributed by atoms with Crippen molar-refractivity contribution in [3.05, 3.63) is 72.1 Å². The molecule has 0 spiro atoms. The maximum Gasteiger partial charge on any atom is 0.0713 e. The van der Waals surface area contributed by atoms with Crippen LogP contribution in [0.5, 0.6) is 0 Å². The fraction of sp³-hybridized carbons (Fsp3) is 0.167. The van der Waals surface area contributed by atoms with E-state index >= 15 is 0 Å². The van der Waals surface area contributed by atoms with E-state index in [0.29, 0.717) is 6.61 Å². The van der Waals surface area contributed by atoms with Gasteiger partial charge in [0.05, 0.1) is 6.61 Å². The van der Waals surface area contributed by atoms with Crippen LogP contribution < -0.4 is 5.32 Å². The fourth-order valence-electron chi connectivity index (χ4n) is 2.47. The van der Waals surface area contributed by atoms with Crippen LogP contribution in [-0.2, 0) is 17.9 Å². The van der Waals surface area contributed by atoms with Crippen LogP contribution >= 0.6 is 0 Å². The van der Waals surface area contributed by atoms with Crippen LogP contribution in [0.4, 0.5) is 5.69 Å². The van der Waals surface area contributed by atoms with Gasteiger partial charge in [-0.3, -0.25) is 4.98 Å². The van der Waals surface area contributed by atoms with Gasteiger partial charge >= 0.3 is 0 Å². The average molecular weight is 278 g/mol. The Kier molecular flexibility index (Phi) is 4.12. The lowest BCUT2D eigenvalue weighted by molar-refractivity contribution is 0.185. The van der Waals surface area contributed by atoms with Gasteiger partial charge in [0.2, 0.25) is 0 Å². The van der Waals surface area contributed by atoms with Gasteiger partial charge < -0.3 is 10.1 Å². The van der Waals surface area contributed by atoms with Crippen LogP contribution in [0.25, 0.3) is 10.8 Å². The fourth-order valence-corrected chi connectivity index (χ4v) is 2.47. The molecule has 1 aromatic heterocycles. The topological polar surface area (TPSA) is 34.1 Å². The highest BCUT2D eigenvalue weighted by atomic mass is 16.5. The third kappa shape index (κ3) is 3.20. The minimum Gasteiger partial charge on any atom is -0.380 e. The Morgan fingerprint density at radius 1 is 1.05 bits per heavy atom. The summed E-state index contributed by atoms with van der Waals surface area (Å²) in [5.74, 6) is 0. The predicted molar refractivity (Wildman–Crippen MR) is 86.2 cm³/mol. The minimum atomic E-state index is 0.647. The number of pyridine rings is 1. The van der Waals surface area contributed by atoms with Gasteiger partial charge in [-0.1, -0.05) is 36.4 Å². The SMILES string of the molecule is COCc1cccc(CNc2cccc3cnccc23)c1. The van der Waals surface area contributed by atoms with Crippen molar-refractivity contribution in [2.45, 2.75) is 13.2 Å². The average Bonchev–Trinajstić information content (AvgIpc) is 2.53. The van der Waals surface area contributed by atoms with Gasteiger partial charge in [0, 0.05) is 42.5 Å². The lowest BCUT2D eigenvalue weighted by Gasteiger charge is -2.10. The highest BCUT2D eigenvalue weighted by molar-refractivity contribution is 5.93. The molecule has 3 heteroatoms. The van der Waals surface area contributed by atoms with E-state index in [1.807, 2.05) is 24.5 Å². The smallest absolute Gasteiger partial charge is 0.0713 e. The highest BCUT2D eigenvalue weighted by Gasteiger charge is 2.01. The van der Waals surface area contributed by atoms with Crippen LogP contribution in [0.2, 0.25) is 0 Å². The molecule has 21 heavy (non-hydrogen) atoms. The molecule has 0 aliphatic carbocycles. The zero-order chi connectivity index (χ0) is 14.5. The number of hydrogen-bond donors (Lipinski definition) is 1. The summed E-state index contributed by atoms with van der Waals surface area (Å²) in [6, 6.07) is 16.7. The third-order valence-corrected chi connectivity index (χ3v) is 3.47. The second kappa shape index (κ2) is 6.37. The van der Waals surface area contributed by atoms with Crippen LogP contribution in [-0.4, -0.2) is 12.1 Å². The van der Waals surface area contributed by atoms with Gasteiger partial charge in [-0.2, -0.15) is 0 Å². The van der Waals surface area contributed by atoms with Gasteiger partial charge in [0.25, 0.3) is 0 Å². The third-order valence-electron chi connectivity index (χ3n) is 3.47. The molecular weight excluding hydrogens is 260 g/mol. The molecule has 0 saturated heterocycles. The molecule has 0 amide bonds. The standard InChI is InChI=1S/C18H18N2O/c1-21-13-15-5-2-4-14(10-15)11-20-18-7-3-6-16-12-19-9-8-17(16)18/h2-10,12,20H,11,13H2,1H3. The van der Waals surface area contributed by atoms with Crippen molar-refractivity contribution < 1.29 is 4.74 Å². The number of fused-ring (bicyclic) bond motifs is 1. The number of benzene rings is 2. The summed E-state index contributed by atoms with van der Waals surface area (Å²) in [4.78, 5) is 4.16. The van der Waals surface area contributed by atoms with E-state index < -0.39 is 0 Å². The summed E-state index contributed by atoms with van der Waals surface area (Å²) in [5.41, 5.74) is 3.57. The summed E-state index contributed by atoms with van der Waals surface area (Å²) in [6.07, 6.45) is 3.71. The number of anilines is 1. The normalized spacial score (nSPS) is 10.7. The van der Waals surface area contributed by atoms with Gasteiger partial charge in [0.15, 0.2) is 0 Å².